The van der Waals surface area contributed by atoms with Gasteiger partial charge in [-0.3, -0.25) is 4.90 Å². The molecule has 90 valence electrons. The zero-order valence-electron chi connectivity index (χ0n) is 10.1. The highest BCUT2D eigenvalue weighted by Gasteiger charge is 2.23. The molecule has 0 N–H and O–H groups in total. The van der Waals surface area contributed by atoms with E-state index >= 15 is 0 Å². The number of hydrogen-bond donors (Lipinski definition) is 0. The maximum Gasteiger partial charge on any atom is 0.230 e. The molecule has 1 aromatic heterocycles. The normalized spacial score (nSPS) is 27.2. The number of aromatic nitrogens is 2. The first-order valence-corrected chi connectivity index (χ1v) is 5.86. The molecule has 5 heteroatoms. The summed E-state index contributed by atoms with van der Waals surface area (Å²) in [5.41, 5.74) is 0. The van der Waals surface area contributed by atoms with Crippen LogP contribution < -0.4 is 0 Å². The summed E-state index contributed by atoms with van der Waals surface area (Å²) in [4.78, 5) is 2.30. The minimum atomic E-state index is 0.275. The molecule has 1 aromatic rings. The Morgan fingerprint density at radius 2 is 1.81 bits per heavy atom. The molecule has 2 unspecified atom stereocenters. The first-order chi connectivity index (χ1) is 7.67. The first kappa shape index (κ1) is 11.5. The molecule has 1 aliphatic heterocycles. The number of morpholine rings is 1. The summed E-state index contributed by atoms with van der Waals surface area (Å²) in [7, 11) is 0. The molecule has 0 spiro atoms. The van der Waals surface area contributed by atoms with Crippen molar-refractivity contribution >= 4 is 0 Å². The average Bonchev–Trinajstić information content (AvgIpc) is 2.64. The topological polar surface area (TPSA) is 51.4 Å². The third-order valence-electron chi connectivity index (χ3n) is 2.67. The number of ether oxygens (including phenoxy) is 1. The molecule has 0 amide bonds. The second-order valence-corrected chi connectivity index (χ2v) is 4.39. The van der Waals surface area contributed by atoms with E-state index in [9.17, 15) is 0 Å². The lowest BCUT2D eigenvalue weighted by Gasteiger charge is -2.34. The lowest BCUT2D eigenvalue weighted by molar-refractivity contribution is -0.0722. The molecule has 16 heavy (non-hydrogen) atoms. The quantitative estimate of drug-likeness (QED) is 0.774. The van der Waals surface area contributed by atoms with Crippen molar-refractivity contribution in [2.45, 2.75) is 45.9 Å². The molecule has 0 aromatic carbocycles. The highest BCUT2D eigenvalue weighted by molar-refractivity contribution is 4.83. The molecule has 0 aliphatic carbocycles. The van der Waals surface area contributed by atoms with E-state index in [1.807, 2.05) is 6.92 Å². The van der Waals surface area contributed by atoms with Crippen LogP contribution in [0.4, 0.5) is 0 Å². The van der Waals surface area contributed by atoms with E-state index < -0.39 is 0 Å². The Kier molecular flexibility index (Phi) is 3.56. The standard InChI is InChI=1S/C11H19N3O2/c1-4-10-12-13-11(16-10)7-14-5-8(2)15-9(3)6-14/h8-9H,4-7H2,1-3H3. The maximum atomic E-state index is 5.67. The molecular formula is C11H19N3O2. The van der Waals surface area contributed by atoms with Gasteiger partial charge in [-0.15, -0.1) is 10.2 Å². The highest BCUT2D eigenvalue weighted by atomic mass is 16.5. The molecule has 0 bridgehead atoms. The molecular weight excluding hydrogens is 206 g/mol. The number of aryl methyl sites for hydroxylation is 1. The van der Waals surface area contributed by atoms with Gasteiger partial charge in [0.25, 0.3) is 0 Å². The number of rotatable bonds is 3. The van der Waals surface area contributed by atoms with E-state index in [1.165, 1.54) is 0 Å². The van der Waals surface area contributed by atoms with E-state index in [-0.39, 0.29) is 12.2 Å². The fraction of sp³-hybridized carbons (Fsp3) is 0.818. The summed E-state index contributed by atoms with van der Waals surface area (Å²) in [6.07, 6.45) is 1.35. The van der Waals surface area contributed by atoms with Gasteiger partial charge >= 0.3 is 0 Å². The van der Waals surface area contributed by atoms with Gasteiger partial charge < -0.3 is 9.15 Å². The van der Waals surface area contributed by atoms with Gasteiger partial charge in [-0.05, 0) is 13.8 Å². The lowest BCUT2D eigenvalue weighted by Crippen LogP contribution is -2.44. The SMILES string of the molecule is CCc1nnc(CN2CC(C)OC(C)C2)o1. The molecule has 5 nitrogen and oxygen atoms in total. The van der Waals surface area contributed by atoms with E-state index in [2.05, 4.69) is 28.9 Å². The van der Waals surface area contributed by atoms with Gasteiger partial charge in [0.15, 0.2) is 0 Å². The largest absolute Gasteiger partial charge is 0.424 e. The zero-order valence-corrected chi connectivity index (χ0v) is 10.1. The van der Waals surface area contributed by atoms with Gasteiger partial charge in [0.2, 0.25) is 11.8 Å². The van der Waals surface area contributed by atoms with Crippen LogP contribution in [0.15, 0.2) is 4.42 Å². The van der Waals surface area contributed by atoms with Crippen LogP contribution in [0.1, 0.15) is 32.6 Å². The summed E-state index contributed by atoms with van der Waals surface area (Å²) in [5, 5.41) is 8.00. The molecule has 2 rings (SSSR count). The molecule has 1 saturated heterocycles. The Hall–Kier alpha value is -0.940. The van der Waals surface area contributed by atoms with Gasteiger partial charge in [-0.1, -0.05) is 6.92 Å². The van der Waals surface area contributed by atoms with Crippen LogP contribution in [-0.4, -0.2) is 40.4 Å². The molecule has 0 saturated carbocycles. The van der Waals surface area contributed by atoms with Crippen molar-refractivity contribution in [1.29, 1.82) is 0 Å². The fourth-order valence-electron chi connectivity index (χ4n) is 2.10. The van der Waals surface area contributed by atoms with Crippen molar-refractivity contribution in [3.63, 3.8) is 0 Å². The van der Waals surface area contributed by atoms with E-state index in [1.54, 1.807) is 0 Å². The summed E-state index contributed by atoms with van der Waals surface area (Å²) in [6.45, 7) is 8.77. The number of nitrogens with zero attached hydrogens (tertiary/aromatic N) is 3. The fourth-order valence-corrected chi connectivity index (χ4v) is 2.10. The Balaban J connectivity index is 1.93. The van der Waals surface area contributed by atoms with Crippen LogP contribution in [0.2, 0.25) is 0 Å². The Bertz CT molecular complexity index is 330. The van der Waals surface area contributed by atoms with Crippen molar-refractivity contribution in [1.82, 2.24) is 15.1 Å². The predicted molar refractivity (Wildman–Crippen MR) is 59.0 cm³/mol. The minimum Gasteiger partial charge on any atom is -0.424 e. The van der Waals surface area contributed by atoms with Crippen LogP contribution in [0.25, 0.3) is 0 Å². The van der Waals surface area contributed by atoms with Crippen molar-refractivity contribution in [3.8, 4) is 0 Å². The van der Waals surface area contributed by atoms with Crippen molar-refractivity contribution in [2.24, 2.45) is 0 Å². The van der Waals surface area contributed by atoms with Gasteiger partial charge in [-0.2, -0.15) is 0 Å². The van der Waals surface area contributed by atoms with Gasteiger partial charge in [0.1, 0.15) is 0 Å². The molecule has 1 fully saturated rings. The van der Waals surface area contributed by atoms with Crippen LogP contribution in [0, 0.1) is 0 Å². The smallest absolute Gasteiger partial charge is 0.230 e. The van der Waals surface area contributed by atoms with Gasteiger partial charge in [-0.25, -0.2) is 0 Å². The second kappa shape index (κ2) is 4.93. The molecule has 2 heterocycles. The molecule has 1 aliphatic rings. The lowest BCUT2D eigenvalue weighted by atomic mass is 10.2. The maximum absolute atomic E-state index is 5.67. The van der Waals surface area contributed by atoms with Gasteiger partial charge in [0, 0.05) is 19.5 Å². The monoisotopic (exact) mass is 225 g/mol. The first-order valence-electron chi connectivity index (χ1n) is 5.86. The third-order valence-corrected chi connectivity index (χ3v) is 2.67. The number of hydrogen-bond acceptors (Lipinski definition) is 5. The average molecular weight is 225 g/mol. The third kappa shape index (κ3) is 2.80. The predicted octanol–water partition coefficient (Wildman–Crippen LogP) is 1.24. The Morgan fingerprint density at radius 1 is 1.19 bits per heavy atom. The van der Waals surface area contributed by atoms with Crippen molar-refractivity contribution < 1.29 is 9.15 Å². The molecule has 2 atom stereocenters. The van der Waals surface area contributed by atoms with Crippen LogP contribution in [-0.2, 0) is 17.7 Å². The van der Waals surface area contributed by atoms with Crippen LogP contribution >= 0.6 is 0 Å². The second-order valence-electron chi connectivity index (χ2n) is 4.39. The highest BCUT2D eigenvalue weighted by Crippen LogP contribution is 2.13. The Morgan fingerprint density at radius 3 is 2.38 bits per heavy atom. The summed E-state index contributed by atoms with van der Waals surface area (Å²) in [5.74, 6) is 1.42. The van der Waals surface area contributed by atoms with Crippen LogP contribution in [0.5, 0.6) is 0 Å². The van der Waals surface area contributed by atoms with Gasteiger partial charge in [0.05, 0.1) is 18.8 Å². The van der Waals surface area contributed by atoms with Crippen molar-refractivity contribution in [3.05, 3.63) is 11.8 Å². The van der Waals surface area contributed by atoms with Crippen molar-refractivity contribution in [2.75, 3.05) is 13.1 Å². The summed E-state index contributed by atoms with van der Waals surface area (Å²) in [6, 6.07) is 0. The van der Waals surface area contributed by atoms with E-state index in [0.29, 0.717) is 11.8 Å². The summed E-state index contributed by atoms with van der Waals surface area (Å²) < 4.78 is 11.2. The minimum absolute atomic E-state index is 0.275. The zero-order chi connectivity index (χ0) is 11.5. The summed E-state index contributed by atoms with van der Waals surface area (Å²) >= 11 is 0. The van der Waals surface area contributed by atoms with E-state index in [0.717, 1.165) is 26.1 Å². The van der Waals surface area contributed by atoms with E-state index in [4.69, 9.17) is 9.15 Å². The van der Waals surface area contributed by atoms with Crippen LogP contribution in [0.3, 0.4) is 0 Å². The Labute approximate surface area is 95.8 Å². The molecule has 0 radical (unpaired) electrons.